The molecule has 0 radical (unpaired) electrons. The second-order valence-corrected chi connectivity index (χ2v) is 9.42. The lowest BCUT2D eigenvalue weighted by Crippen LogP contribution is -2.47. The van der Waals surface area contributed by atoms with Gasteiger partial charge in [0.2, 0.25) is 5.91 Å². The van der Waals surface area contributed by atoms with E-state index in [-0.39, 0.29) is 23.8 Å². The number of imidazole rings is 1. The van der Waals surface area contributed by atoms with E-state index in [0.717, 1.165) is 49.2 Å². The van der Waals surface area contributed by atoms with Crippen LogP contribution in [0, 0.1) is 12.8 Å². The molecule has 0 saturated heterocycles. The average molecular weight is 475 g/mol. The molecule has 3 aromatic rings. The maximum atomic E-state index is 13.3. The van der Waals surface area contributed by atoms with E-state index in [9.17, 15) is 9.59 Å². The van der Waals surface area contributed by atoms with Gasteiger partial charge in [-0.15, -0.1) is 0 Å². The highest BCUT2D eigenvalue weighted by atomic mass is 16.5. The third-order valence-electron chi connectivity index (χ3n) is 7.54. The molecule has 2 atom stereocenters. The Morgan fingerprint density at radius 3 is 2.26 bits per heavy atom. The maximum Gasteiger partial charge on any atom is 0.305 e. The van der Waals surface area contributed by atoms with E-state index in [4.69, 9.17) is 10.5 Å². The van der Waals surface area contributed by atoms with Crippen molar-refractivity contribution in [1.82, 2.24) is 4.57 Å². The van der Waals surface area contributed by atoms with Gasteiger partial charge in [0, 0.05) is 13.3 Å². The quantitative estimate of drug-likeness (QED) is 0.353. The summed E-state index contributed by atoms with van der Waals surface area (Å²) in [6, 6.07) is 20.3. The molecule has 0 spiro atoms. The van der Waals surface area contributed by atoms with Crippen LogP contribution in [0.5, 0.6) is 0 Å². The number of carbonyl (C=O) groups is 2. The molecule has 35 heavy (non-hydrogen) atoms. The molecule has 1 amide bonds. The first-order valence-electron chi connectivity index (χ1n) is 12.6. The molecule has 1 aliphatic carbocycles. The van der Waals surface area contributed by atoms with Crippen LogP contribution in [0.25, 0.3) is 0 Å². The number of rotatable bonds is 10. The minimum Gasteiger partial charge on any atom is -0.466 e. The molecule has 1 heterocycles. The highest BCUT2D eigenvalue weighted by Gasteiger charge is 2.51. The summed E-state index contributed by atoms with van der Waals surface area (Å²) < 4.78 is 9.56. The second-order valence-electron chi connectivity index (χ2n) is 9.42. The van der Waals surface area contributed by atoms with Crippen molar-refractivity contribution >= 4 is 11.9 Å². The monoisotopic (exact) mass is 474 g/mol. The third-order valence-corrected chi connectivity index (χ3v) is 7.54. The summed E-state index contributed by atoms with van der Waals surface area (Å²) in [6.45, 7) is 5.14. The number of nitrogens with two attached hydrogens (primary N) is 1. The molecular weight excluding hydrogens is 438 g/mol. The predicted molar refractivity (Wildman–Crippen MR) is 134 cm³/mol. The zero-order chi connectivity index (χ0) is 24.8. The molecule has 2 N–H and O–H groups in total. The van der Waals surface area contributed by atoms with Crippen molar-refractivity contribution in [3.8, 4) is 0 Å². The first kappa shape index (κ1) is 24.7. The van der Waals surface area contributed by atoms with E-state index in [1.54, 1.807) is 0 Å². The molecule has 6 heteroatoms. The summed E-state index contributed by atoms with van der Waals surface area (Å²) in [4.78, 5) is 25.0. The van der Waals surface area contributed by atoms with Crippen LogP contribution >= 0.6 is 0 Å². The van der Waals surface area contributed by atoms with Crippen molar-refractivity contribution in [3.05, 3.63) is 90.0 Å². The number of aryl methyl sites for hydroxylation is 1. The second kappa shape index (κ2) is 10.9. The summed E-state index contributed by atoms with van der Waals surface area (Å²) in [5.41, 5.74) is 7.30. The Hall–Kier alpha value is -3.41. The Bertz CT molecular complexity index is 1100. The topological polar surface area (TPSA) is 78.2 Å². The molecule has 0 bridgehead atoms. The maximum absolute atomic E-state index is 13.3. The van der Waals surface area contributed by atoms with Gasteiger partial charge in [0.1, 0.15) is 23.9 Å². The fraction of sp³-hybridized carbons (Fsp3) is 0.414. The lowest BCUT2D eigenvalue weighted by Gasteiger charge is -2.37. The lowest BCUT2D eigenvalue weighted by atomic mass is 9.64. The normalized spacial score (nSPS) is 17.9. The van der Waals surface area contributed by atoms with Crippen LogP contribution in [0.4, 0.5) is 0 Å². The van der Waals surface area contributed by atoms with Gasteiger partial charge in [0.05, 0.1) is 13.2 Å². The molecule has 184 valence electrons. The number of amides is 1. The van der Waals surface area contributed by atoms with Gasteiger partial charge in [-0.1, -0.05) is 60.7 Å². The average Bonchev–Trinajstić information content (AvgIpc) is 3.48. The molecular formula is C29H36N3O3+. The lowest BCUT2D eigenvalue weighted by molar-refractivity contribution is -0.702. The summed E-state index contributed by atoms with van der Waals surface area (Å²) in [6.07, 6.45) is 8.15. The number of carbonyl (C=O) groups excluding carboxylic acids is 2. The Kier molecular flexibility index (Phi) is 7.69. The van der Waals surface area contributed by atoms with Crippen LogP contribution in [-0.2, 0) is 26.3 Å². The number of hydrogen-bond donors (Lipinski definition) is 1. The Morgan fingerprint density at radius 1 is 1.06 bits per heavy atom. The number of hydrogen-bond acceptors (Lipinski definition) is 3. The molecule has 1 aliphatic rings. The summed E-state index contributed by atoms with van der Waals surface area (Å²) in [7, 11) is 0. The van der Waals surface area contributed by atoms with Gasteiger partial charge in [-0.3, -0.25) is 9.59 Å². The van der Waals surface area contributed by atoms with Crippen molar-refractivity contribution < 1.29 is 18.9 Å². The first-order valence-corrected chi connectivity index (χ1v) is 12.6. The van der Waals surface area contributed by atoms with E-state index in [2.05, 4.69) is 28.5 Å². The number of aromatic nitrogens is 2. The van der Waals surface area contributed by atoms with Crippen LogP contribution in [0.2, 0.25) is 0 Å². The SMILES string of the molecule is CCOC(=O)CCC[n+]1ccn([C@H]2CC[C@@H](C(C(N)=O)(c3ccccc3)c3ccccc3)C2)c1C. The largest absolute Gasteiger partial charge is 0.466 e. The molecule has 0 unspecified atom stereocenters. The molecule has 1 aromatic heterocycles. The molecule has 0 aliphatic heterocycles. The first-order chi connectivity index (χ1) is 17.0. The number of benzene rings is 2. The number of nitrogens with zero attached hydrogens (tertiary/aromatic N) is 2. The highest BCUT2D eigenvalue weighted by molar-refractivity contribution is 5.91. The van der Waals surface area contributed by atoms with Crippen molar-refractivity contribution in [2.45, 2.75) is 64.0 Å². The van der Waals surface area contributed by atoms with Crippen LogP contribution < -0.4 is 10.3 Å². The van der Waals surface area contributed by atoms with E-state index in [1.165, 1.54) is 0 Å². The minimum absolute atomic E-state index is 0.0915. The zero-order valence-corrected chi connectivity index (χ0v) is 20.7. The predicted octanol–water partition coefficient (Wildman–Crippen LogP) is 4.24. The van der Waals surface area contributed by atoms with Gasteiger partial charge >= 0.3 is 5.97 Å². The van der Waals surface area contributed by atoms with Crippen molar-refractivity contribution in [3.63, 3.8) is 0 Å². The van der Waals surface area contributed by atoms with Crippen LogP contribution in [0.15, 0.2) is 73.1 Å². The summed E-state index contributed by atoms with van der Waals surface area (Å²) in [5.74, 6) is 0.810. The zero-order valence-electron chi connectivity index (χ0n) is 20.7. The Balaban J connectivity index is 1.58. The Labute approximate surface area is 207 Å². The van der Waals surface area contributed by atoms with E-state index in [1.807, 2.05) is 67.6 Å². The summed E-state index contributed by atoms with van der Waals surface area (Å²) >= 11 is 0. The van der Waals surface area contributed by atoms with Crippen LogP contribution in [-0.4, -0.2) is 23.1 Å². The molecule has 4 rings (SSSR count). The smallest absolute Gasteiger partial charge is 0.305 e. The van der Waals surface area contributed by atoms with Crippen molar-refractivity contribution in [2.24, 2.45) is 11.7 Å². The van der Waals surface area contributed by atoms with E-state index < -0.39 is 5.41 Å². The van der Waals surface area contributed by atoms with Gasteiger partial charge in [-0.25, -0.2) is 9.13 Å². The standard InChI is InChI=1S/C29H35N3O3/c1-3-35-27(33)15-10-18-31-19-20-32(22(31)2)26-17-16-25(21-26)29(28(30)34,23-11-6-4-7-12-23)24-13-8-5-9-14-24/h4-9,11-14,19-20,25-26H,3,10,15-18,21H2,1-2H3,(H-,30,34)/p+1/t25-,26+/m1/s1. The molecule has 2 aromatic carbocycles. The van der Waals surface area contributed by atoms with Crippen molar-refractivity contribution in [1.29, 1.82) is 0 Å². The highest BCUT2D eigenvalue weighted by Crippen LogP contribution is 2.49. The molecule has 6 nitrogen and oxygen atoms in total. The fourth-order valence-electron chi connectivity index (χ4n) is 5.90. The van der Waals surface area contributed by atoms with Gasteiger partial charge < -0.3 is 10.5 Å². The number of esters is 1. The third kappa shape index (κ3) is 4.88. The van der Waals surface area contributed by atoms with Gasteiger partial charge in [0.25, 0.3) is 5.82 Å². The van der Waals surface area contributed by atoms with Crippen LogP contribution in [0.3, 0.4) is 0 Å². The fourth-order valence-corrected chi connectivity index (χ4v) is 5.90. The van der Waals surface area contributed by atoms with E-state index >= 15 is 0 Å². The molecule has 1 fully saturated rings. The van der Waals surface area contributed by atoms with E-state index in [0.29, 0.717) is 13.0 Å². The Morgan fingerprint density at radius 2 is 1.69 bits per heavy atom. The van der Waals surface area contributed by atoms with Gasteiger partial charge in [0.15, 0.2) is 0 Å². The van der Waals surface area contributed by atoms with Crippen molar-refractivity contribution in [2.75, 3.05) is 6.61 Å². The minimum atomic E-state index is -0.867. The van der Waals surface area contributed by atoms with Gasteiger partial charge in [-0.2, -0.15) is 0 Å². The summed E-state index contributed by atoms with van der Waals surface area (Å²) in [5, 5.41) is 0. The van der Waals surface area contributed by atoms with Crippen LogP contribution in [0.1, 0.15) is 62.0 Å². The van der Waals surface area contributed by atoms with Gasteiger partial charge in [-0.05, 0) is 49.7 Å². The molecule has 1 saturated carbocycles. The number of ether oxygens (including phenoxy) is 1. The number of primary amides is 1.